The second kappa shape index (κ2) is 4.73. The summed E-state index contributed by atoms with van der Waals surface area (Å²) < 4.78 is 5.41. The van der Waals surface area contributed by atoms with Crippen LogP contribution in [-0.4, -0.2) is 46.2 Å². The maximum atomic E-state index is 12.0. The average molecular weight is 292 g/mol. The molecule has 1 aromatic heterocycles. The monoisotopic (exact) mass is 292 g/mol. The van der Waals surface area contributed by atoms with E-state index in [0.717, 1.165) is 18.7 Å². The lowest BCUT2D eigenvalue weighted by atomic mass is 9.75. The number of imidazole rings is 1. The van der Waals surface area contributed by atoms with E-state index in [0.29, 0.717) is 19.0 Å². The summed E-state index contributed by atoms with van der Waals surface area (Å²) in [4.78, 5) is 21.5. The highest BCUT2D eigenvalue weighted by Gasteiger charge is 2.48. The molecule has 1 saturated heterocycles. The number of likely N-dealkylation sites (tertiary alicyclic amines) is 1. The van der Waals surface area contributed by atoms with Crippen LogP contribution < -0.4 is 5.32 Å². The first-order valence-corrected chi connectivity index (χ1v) is 7.55. The van der Waals surface area contributed by atoms with Gasteiger partial charge in [-0.15, -0.1) is 0 Å². The van der Waals surface area contributed by atoms with Crippen molar-refractivity contribution >= 4 is 6.09 Å². The minimum atomic E-state index is -0.440. The molecule has 6 nitrogen and oxygen atoms in total. The molecule has 2 N–H and O–H groups in total. The topological polar surface area (TPSA) is 70.2 Å². The predicted octanol–water partition coefficient (Wildman–Crippen LogP) is 1.64. The van der Waals surface area contributed by atoms with Crippen LogP contribution in [0.5, 0.6) is 0 Å². The molecule has 3 rings (SSSR count). The molecule has 0 spiro atoms. The van der Waals surface area contributed by atoms with Gasteiger partial charge in [-0.2, -0.15) is 0 Å². The van der Waals surface area contributed by atoms with Crippen LogP contribution >= 0.6 is 0 Å². The van der Waals surface area contributed by atoms with E-state index >= 15 is 0 Å². The second-order valence-electron chi connectivity index (χ2n) is 7.19. The van der Waals surface area contributed by atoms with Gasteiger partial charge in [-0.05, 0) is 27.7 Å². The lowest BCUT2D eigenvalue weighted by Gasteiger charge is -2.50. The zero-order chi connectivity index (χ0) is 15.3. The third-order valence-electron chi connectivity index (χ3n) is 4.43. The minimum Gasteiger partial charge on any atom is -0.444 e. The number of nitrogens with zero attached hydrogens (tertiary/aromatic N) is 2. The van der Waals surface area contributed by atoms with Crippen LogP contribution in [0.25, 0.3) is 0 Å². The Labute approximate surface area is 125 Å². The van der Waals surface area contributed by atoms with E-state index in [1.165, 1.54) is 5.69 Å². The highest BCUT2D eigenvalue weighted by Crippen LogP contribution is 2.38. The number of hydrogen-bond acceptors (Lipinski definition) is 4. The van der Waals surface area contributed by atoms with Crippen LogP contribution in [0.3, 0.4) is 0 Å². The van der Waals surface area contributed by atoms with Crippen LogP contribution in [0.2, 0.25) is 0 Å². The van der Waals surface area contributed by atoms with Crippen molar-refractivity contribution in [2.24, 2.45) is 5.92 Å². The molecule has 0 aliphatic carbocycles. The van der Waals surface area contributed by atoms with E-state index in [9.17, 15) is 4.79 Å². The van der Waals surface area contributed by atoms with Crippen molar-refractivity contribution in [3.05, 3.63) is 17.7 Å². The van der Waals surface area contributed by atoms with E-state index in [1.807, 2.05) is 20.8 Å². The minimum absolute atomic E-state index is 0.161. The zero-order valence-corrected chi connectivity index (χ0v) is 13.2. The molecule has 2 aliphatic rings. The van der Waals surface area contributed by atoms with Crippen molar-refractivity contribution < 1.29 is 9.53 Å². The van der Waals surface area contributed by atoms with Gasteiger partial charge in [-0.3, -0.25) is 0 Å². The molecule has 2 aliphatic heterocycles. The Kier molecular flexibility index (Phi) is 3.24. The number of rotatable bonds is 1. The first kappa shape index (κ1) is 14.4. The highest BCUT2D eigenvalue weighted by atomic mass is 16.6. The number of amides is 1. The highest BCUT2D eigenvalue weighted by molar-refractivity contribution is 5.69. The molecule has 21 heavy (non-hydrogen) atoms. The van der Waals surface area contributed by atoms with Crippen molar-refractivity contribution in [2.45, 2.75) is 45.3 Å². The van der Waals surface area contributed by atoms with Gasteiger partial charge in [-0.1, -0.05) is 0 Å². The smallest absolute Gasteiger partial charge is 0.410 e. The number of hydrogen-bond donors (Lipinski definition) is 2. The van der Waals surface area contributed by atoms with Crippen LogP contribution in [0.4, 0.5) is 4.79 Å². The Hall–Kier alpha value is -1.56. The summed E-state index contributed by atoms with van der Waals surface area (Å²) >= 11 is 0. The van der Waals surface area contributed by atoms with Crippen LogP contribution in [-0.2, 0) is 16.7 Å². The Balaban J connectivity index is 1.66. The Morgan fingerprint density at radius 2 is 2.19 bits per heavy atom. The zero-order valence-electron chi connectivity index (χ0n) is 13.2. The molecule has 1 atom stereocenters. The fourth-order valence-electron chi connectivity index (χ4n) is 3.15. The van der Waals surface area contributed by atoms with Gasteiger partial charge >= 0.3 is 6.09 Å². The molecule has 1 fully saturated rings. The number of nitrogens with one attached hydrogen (secondary N) is 2. The molecule has 1 unspecified atom stereocenters. The van der Waals surface area contributed by atoms with Crippen LogP contribution in [0.1, 0.15) is 39.1 Å². The van der Waals surface area contributed by atoms with Crippen molar-refractivity contribution in [1.29, 1.82) is 0 Å². The third kappa shape index (κ3) is 2.52. The summed E-state index contributed by atoms with van der Waals surface area (Å²) in [5, 5.41) is 3.59. The summed E-state index contributed by atoms with van der Waals surface area (Å²) in [5.74, 6) is 0.368. The number of carbonyl (C=O) groups is 1. The van der Waals surface area contributed by atoms with Crippen molar-refractivity contribution in [1.82, 2.24) is 20.2 Å². The van der Waals surface area contributed by atoms with E-state index in [2.05, 4.69) is 22.2 Å². The lowest BCUT2D eigenvalue weighted by Crippen LogP contribution is -2.63. The number of ether oxygens (including phenoxy) is 1. The van der Waals surface area contributed by atoms with Gasteiger partial charge in [0.15, 0.2) is 0 Å². The van der Waals surface area contributed by atoms with E-state index < -0.39 is 5.60 Å². The van der Waals surface area contributed by atoms with Gasteiger partial charge < -0.3 is 19.9 Å². The van der Waals surface area contributed by atoms with Gasteiger partial charge in [0.2, 0.25) is 0 Å². The second-order valence-corrected chi connectivity index (χ2v) is 7.19. The summed E-state index contributed by atoms with van der Waals surface area (Å²) in [5.41, 5.74) is 1.71. The molecule has 0 radical (unpaired) electrons. The lowest BCUT2D eigenvalue weighted by molar-refractivity contribution is -0.0204. The van der Waals surface area contributed by atoms with Gasteiger partial charge in [0, 0.05) is 37.7 Å². The molecule has 6 heteroatoms. The SMILES string of the molecule is CC(C)(C)OC(=O)N1CC(C2(C)NCCc3[nH]cnc32)C1. The van der Waals surface area contributed by atoms with Crippen LogP contribution in [0, 0.1) is 5.92 Å². The normalized spacial score (nSPS) is 26.2. The summed E-state index contributed by atoms with van der Waals surface area (Å²) in [7, 11) is 0. The number of H-pyrrole nitrogens is 1. The Bertz CT molecular complexity index is 542. The molecule has 1 amide bonds. The van der Waals surface area contributed by atoms with Crippen molar-refractivity contribution in [3.8, 4) is 0 Å². The Morgan fingerprint density at radius 1 is 1.48 bits per heavy atom. The van der Waals surface area contributed by atoms with Crippen molar-refractivity contribution in [3.63, 3.8) is 0 Å². The quantitative estimate of drug-likeness (QED) is 0.825. The number of fused-ring (bicyclic) bond motifs is 1. The van der Waals surface area contributed by atoms with Gasteiger partial charge in [-0.25, -0.2) is 9.78 Å². The number of aromatic amines is 1. The molecule has 0 bridgehead atoms. The van der Waals surface area contributed by atoms with Gasteiger partial charge in [0.1, 0.15) is 5.60 Å². The molecule has 1 aromatic rings. The molecule has 3 heterocycles. The maximum Gasteiger partial charge on any atom is 0.410 e. The largest absolute Gasteiger partial charge is 0.444 e. The van der Waals surface area contributed by atoms with E-state index in [1.54, 1.807) is 11.2 Å². The first-order chi connectivity index (χ1) is 9.79. The van der Waals surface area contributed by atoms with E-state index in [-0.39, 0.29) is 11.6 Å². The molecular weight excluding hydrogens is 268 g/mol. The molecule has 116 valence electrons. The van der Waals surface area contributed by atoms with Crippen LogP contribution in [0.15, 0.2) is 6.33 Å². The van der Waals surface area contributed by atoms with E-state index in [4.69, 9.17) is 4.74 Å². The Morgan fingerprint density at radius 3 is 2.86 bits per heavy atom. The summed E-state index contributed by atoms with van der Waals surface area (Å²) in [6, 6.07) is 0. The van der Waals surface area contributed by atoms with Gasteiger partial charge in [0.25, 0.3) is 0 Å². The summed E-state index contributed by atoms with van der Waals surface area (Å²) in [6.07, 6.45) is 2.52. The molecule has 0 aromatic carbocycles. The number of carbonyl (C=O) groups excluding carboxylic acids is 1. The van der Waals surface area contributed by atoms with Crippen molar-refractivity contribution in [2.75, 3.05) is 19.6 Å². The summed E-state index contributed by atoms with van der Waals surface area (Å²) in [6.45, 7) is 10.2. The van der Waals surface area contributed by atoms with Gasteiger partial charge in [0.05, 0.1) is 17.6 Å². The number of aromatic nitrogens is 2. The first-order valence-electron chi connectivity index (χ1n) is 7.55. The predicted molar refractivity (Wildman–Crippen MR) is 78.9 cm³/mol. The fourth-order valence-corrected chi connectivity index (χ4v) is 3.15. The average Bonchev–Trinajstić information content (AvgIpc) is 2.73. The molecular formula is C15H24N4O2. The fraction of sp³-hybridized carbons (Fsp3) is 0.733. The molecule has 0 saturated carbocycles. The third-order valence-corrected chi connectivity index (χ3v) is 4.43. The standard InChI is InChI=1S/C15H24N4O2/c1-14(2,3)21-13(20)19-7-10(8-19)15(4)12-11(5-6-18-15)16-9-17-12/h9-10,18H,5-8H2,1-4H3,(H,16,17). The maximum absolute atomic E-state index is 12.0.